The first-order valence-electron chi connectivity index (χ1n) is 5.85. The molecule has 16 heavy (non-hydrogen) atoms. The van der Waals surface area contributed by atoms with Crippen LogP contribution in [-0.4, -0.2) is 17.8 Å². The third kappa shape index (κ3) is 2.20. The fraction of sp³-hybridized carbons (Fsp3) is 0.538. The van der Waals surface area contributed by atoms with E-state index in [9.17, 15) is 5.11 Å². The minimum absolute atomic E-state index is 0.140. The van der Waals surface area contributed by atoms with Crippen molar-refractivity contribution in [3.8, 4) is 5.75 Å². The molecule has 3 heteroatoms. The van der Waals surface area contributed by atoms with Gasteiger partial charge in [-0.3, -0.25) is 0 Å². The number of hydrogen-bond acceptors (Lipinski definition) is 3. The second-order valence-corrected chi connectivity index (χ2v) is 4.57. The van der Waals surface area contributed by atoms with E-state index in [0.29, 0.717) is 12.8 Å². The van der Waals surface area contributed by atoms with Crippen molar-refractivity contribution in [3.63, 3.8) is 0 Å². The van der Waals surface area contributed by atoms with Crippen LogP contribution < -0.4 is 10.5 Å². The van der Waals surface area contributed by atoms with Crippen LogP contribution in [0.5, 0.6) is 5.75 Å². The maximum atomic E-state index is 10.2. The molecule has 0 spiro atoms. The van der Waals surface area contributed by atoms with Crippen LogP contribution in [0.1, 0.15) is 31.7 Å². The lowest BCUT2D eigenvalue weighted by Gasteiger charge is -2.42. The second kappa shape index (κ2) is 4.44. The number of benzene rings is 1. The van der Waals surface area contributed by atoms with Crippen molar-refractivity contribution in [1.29, 1.82) is 0 Å². The molecule has 0 saturated heterocycles. The number of ether oxygens (including phenoxy) is 1. The van der Waals surface area contributed by atoms with E-state index in [2.05, 4.69) is 6.92 Å². The molecule has 1 aromatic carbocycles. The molecule has 1 aliphatic rings. The molecule has 0 aliphatic heterocycles. The number of nitrogens with two attached hydrogens (primary N) is 1. The van der Waals surface area contributed by atoms with Gasteiger partial charge in [-0.2, -0.15) is 0 Å². The summed E-state index contributed by atoms with van der Waals surface area (Å²) in [4.78, 5) is 0. The van der Waals surface area contributed by atoms with Gasteiger partial charge in [-0.25, -0.2) is 0 Å². The van der Waals surface area contributed by atoms with Crippen LogP contribution in [0.3, 0.4) is 0 Å². The Morgan fingerprint density at radius 1 is 1.38 bits per heavy atom. The Morgan fingerprint density at radius 2 is 2.00 bits per heavy atom. The minimum atomic E-state index is -0.706. The Bertz CT molecular complexity index is 341. The van der Waals surface area contributed by atoms with Crippen LogP contribution in [0.2, 0.25) is 0 Å². The molecule has 88 valence electrons. The zero-order valence-electron chi connectivity index (χ0n) is 9.65. The Kier molecular flexibility index (Phi) is 3.17. The molecule has 0 unspecified atom stereocenters. The summed E-state index contributed by atoms with van der Waals surface area (Å²) in [5.41, 5.74) is 5.94. The highest BCUT2D eigenvalue weighted by Crippen LogP contribution is 2.40. The minimum Gasteiger partial charge on any atom is -0.494 e. The predicted molar refractivity (Wildman–Crippen MR) is 63.3 cm³/mol. The standard InChI is InChI=1S/C13H19NO2/c1-2-7-16-12-5-3-10(4-6-12)13(15)8-11(14)9-13/h3-6,11,15H,2,7-9,14H2,1H3. The third-order valence-corrected chi connectivity index (χ3v) is 3.06. The molecular weight excluding hydrogens is 202 g/mol. The summed E-state index contributed by atoms with van der Waals surface area (Å²) in [6.07, 6.45) is 2.31. The topological polar surface area (TPSA) is 55.5 Å². The first-order chi connectivity index (χ1) is 7.64. The van der Waals surface area contributed by atoms with Crippen molar-refractivity contribution in [2.45, 2.75) is 37.8 Å². The second-order valence-electron chi connectivity index (χ2n) is 4.57. The summed E-state index contributed by atoms with van der Waals surface area (Å²) >= 11 is 0. The van der Waals surface area contributed by atoms with Gasteiger partial charge in [0, 0.05) is 6.04 Å². The quantitative estimate of drug-likeness (QED) is 0.815. The fourth-order valence-electron chi connectivity index (χ4n) is 2.12. The van der Waals surface area contributed by atoms with Gasteiger partial charge in [0.15, 0.2) is 0 Å². The molecule has 1 aliphatic carbocycles. The monoisotopic (exact) mass is 221 g/mol. The van der Waals surface area contributed by atoms with Crippen molar-refractivity contribution < 1.29 is 9.84 Å². The molecule has 0 radical (unpaired) electrons. The molecular formula is C13H19NO2. The summed E-state index contributed by atoms with van der Waals surface area (Å²) < 4.78 is 5.49. The molecule has 0 aromatic heterocycles. The van der Waals surface area contributed by atoms with E-state index < -0.39 is 5.60 Å². The van der Waals surface area contributed by atoms with Crippen molar-refractivity contribution in [2.75, 3.05) is 6.61 Å². The Balaban J connectivity index is 2.02. The average molecular weight is 221 g/mol. The zero-order chi connectivity index (χ0) is 11.6. The maximum absolute atomic E-state index is 10.2. The van der Waals surface area contributed by atoms with Gasteiger partial charge in [0.05, 0.1) is 12.2 Å². The zero-order valence-corrected chi connectivity index (χ0v) is 9.65. The van der Waals surface area contributed by atoms with Gasteiger partial charge in [0.1, 0.15) is 5.75 Å². The summed E-state index contributed by atoms with van der Waals surface area (Å²) in [6.45, 7) is 2.81. The largest absolute Gasteiger partial charge is 0.494 e. The van der Waals surface area contributed by atoms with Gasteiger partial charge >= 0.3 is 0 Å². The molecule has 2 rings (SSSR count). The summed E-state index contributed by atoms with van der Waals surface area (Å²) in [5.74, 6) is 0.859. The molecule has 0 atom stereocenters. The smallest absolute Gasteiger partial charge is 0.119 e. The van der Waals surface area contributed by atoms with Gasteiger partial charge < -0.3 is 15.6 Å². The summed E-state index contributed by atoms with van der Waals surface area (Å²) in [7, 11) is 0. The molecule has 3 N–H and O–H groups in total. The highest BCUT2D eigenvalue weighted by molar-refractivity contribution is 5.32. The van der Waals surface area contributed by atoms with E-state index in [1.165, 1.54) is 0 Å². The third-order valence-electron chi connectivity index (χ3n) is 3.06. The molecule has 1 saturated carbocycles. The Morgan fingerprint density at radius 3 is 2.50 bits per heavy atom. The lowest BCUT2D eigenvalue weighted by atomic mass is 9.72. The maximum Gasteiger partial charge on any atom is 0.119 e. The van der Waals surface area contributed by atoms with E-state index in [1.807, 2.05) is 24.3 Å². The van der Waals surface area contributed by atoms with Crippen LogP contribution >= 0.6 is 0 Å². The van der Waals surface area contributed by atoms with Crippen molar-refractivity contribution in [2.24, 2.45) is 5.73 Å². The van der Waals surface area contributed by atoms with Gasteiger partial charge in [-0.1, -0.05) is 19.1 Å². The van der Waals surface area contributed by atoms with Crippen LogP contribution in [0.4, 0.5) is 0 Å². The highest BCUT2D eigenvalue weighted by Gasteiger charge is 2.41. The van der Waals surface area contributed by atoms with Crippen molar-refractivity contribution >= 4 is 0 Å². The lowest BCUT2D eigenvalue weighted by molar-refractivity contribution is -0.0523. The summed E-state index contributed by atoms with van der Waals surface area (Å²) in [6, 6.07) is 7.81. The van der Waals surface area contributed by atoms with E-state index in [4.69, 9.17) is 10.5 Å². The molecule has 3 nitrogen and oxygen atoms in total. The molecule has 0 heterocycles. The molecule has 1 aromatic rings. The van der Waals surface area contributed by atoms with Crippen LogP contribution in [0.15, 0.2) is 24.3 Å². The fourth-order valence-corrected chi connectivity index (χ4v) is 2.12. The molecule has 0 bridgehead atoms. The van der Waals surface area contributed by atoms with Gasteiger partial charge in [-0.15, -0.1) is 0 Å². The lowest BCUT2D eigenvalue weighted by Crippen LogP contribution is -2.49. The van der Waals surface area contributed by atoms with Crippen LogP contribution in [0.25, 0.3) is 0 Å². The van der Waals surface area contributed by atoms with Gasteiger partial charge in [-0.05, 0) is 37.0 Å². The average Bonchev–Trinajstić information content (AvgIpc) is 2.25. The van der Waals surface area contributed by atoms with E-state index in [1.54, 1.807) is 0 Å². The highest BCUT2D eigenvalue weighted by atomic mass is 16.5. The normalized spacial score (nSPS) is 28.6. The number of aliphatic hydroxyl groups is 1. The van der Waals surface area contributed by atoms with E-state index in [0.717, 1.165) is 24.3 Å². The van der Waals surface area contributed by atoms with Crippen LogP contribution in [-0.2, 0) is 5.60 Å². The van der Waals surface area contributed by atoms with Gasteiger partial charge in [0.25, 0.3) is 0 Å². The van der Waals surface area contributed by atoms with E-state index in [-0.39, 0.29) is 6.04 Å². The first-order valence-corrected chi connectivity index (χ1v) is 5.85. The van der Waals surface area contributed by atoms with E-state index >= 15 is 0 Å². The predicted octanol–water partition coefficient (Wildman–Crippen LogP) is 1.78. The van der Waals surface area contributed by atoms with Gasteiger partial charge in [0.2, 0.25) is 0 Å². The molecule has 0 amide bonds. The molecule has 1 fully saturated rings. The van der Waals surface area contributed by atoms with Crippen molar-refractivity contribution in [3.05, 3.63) is 29.8 Å². The first kappa shape index (κ1) is 11.4. The van der Waals surface area contributed by atoms with Crippen molar-refractivity contribution in [1.82, 2.24) is 0 Å². The van der Waals surface area contributed by atoms with Crippen LogP contribution in [0, 0.1) is 0 Å². The SMILES string of the molecule is CCCOc1ccc(C2(O)CC(N)C2)cc1. The summed E-state index contributed by atoms with van der Waals surface area (Å²) in [5, 5.41) is 10.2. The number of rotatable bonds is 4. The number of hydrogen-bond donors (Lipinski definition) is 2. The Hall–Kier alpha value is -1.06. The Labute approximate surface area is 96.2 Å².